The van der Waals surface area contributed by atoms with Crippen LogP contribution in [0.15, 0.2) is 84.9 Å². The van der Waals surface area contributed by atoms with Gasteiger partial charge in [-0.3, -0.25) is 4.79 Å². The number of aliphatic hydroxyl groups is 1. The highest BCUT2D eigenvalue weighted by atomic mass is 35.5. The molecule has 10 heteroatoms. The molecule has 42 heavy (non-hydrogen) atoms. The first-order valence-electron chi connectivity index (χ1n) is 13.7. The summed E-state index contributed by atoms with van der Waals surface area (Å²) >= 11 is 5.99. The molecule has 6 rings (SSSR count). The van der Waals surface area contributed by atoms with Gasteiger partial charge in [-0.25, -0.2) is 18.1 Å². The Labute approximate surface area is 248 Å². The number of nitrogens with one attached hydrogen (secondary N) is 1. The number of amides is 1. The predicted molar refractivity (Wildman–Crippen MR) is 167 cm³/mol. The van der Waals surface area contributed by atoms with Gasteiger partial charge >= 0.3 is 0 Å². The van der Waals surface area contributed by atoms with Gasteiger partial charge in [-0.2, -0.15) is 0 Å². The lowest BCUT2D eigenvalue weighted by atomic mass is 10.1. The van der Waals surface area contributed by atoms with Crippen LogP contribution in [0.5, 0.6) is 0 Å². The van der Waals surface area contributed by atoms with Crippen molar-refractivity contribution < 1.29 is 18.3 Å². The van der Waals surface area contributed by atoms with Gasteiger partial charge in [0, 0.05) is 51.0 Å². The largest absolute Gasteiger partial charge is 0.395 e. The molecule has 214 valence electrons. The van der Waals surface area contributed by atoms with Gasteiger partial charge in [0.15, 0.2) is 0 Å². The van der Waals surface area contributed by atoms with Crippen molar-refractivity contribution in [2.45, 2.75) is 26.4 Å². The lowest BCUT2D eigenvalue weighted by molar-refractivity contribution is 0.0981. The molecule has 0 bridgehead atoms. The molecule has 6 aromatic rings. The molecule has 2 aromatic heterocycles. The Morgan fingerprint density at radius 3 is 2.48 bits per heavy atom. The van der Waals surface area contributed by atoms with Gasteiger partial charge in [0.2, 0.25) is 10.0 Å². The van der Waals surface area contributed by atoms with Crippen molar-refractivity contribution in [1.82, 2.24) is 18.8 Å². The van der Waals surface area contributed by atoms with Crippen LogP contribution in [0.2, 0.25) is 5.02 Å². The number of hydrogen-bond donors (Lipinski definition) is 2. The van der Waals surface area contributed by atoms with E-state index in [0.29, 0.717) is 22.9 Å². The molecule has 0 unspecified atom stereocenters. The van der Waals surface area contributed by atoms with Gasteiger partial charge in [-0.15, -0.1) is 0 Å². The average molecular weight is 601 g/mol. The summed E-state index contributed by atoms with van der Waals surface area (Å²) in [5.74, 6) is -0.330. The van der Waals surface area contributed by atoms with Gasteiger partial charge in [0.25, 0.3) is 5.91 Å². The number of carbonyl (C=O) groups is 1. The Morgan fingerprint density at radius 1 is 0.905 bits per heavy atom. The Balaban J connectivity index is 1.32. The molecular weight excluding hydrogens is 572 g/mol. The van der Waals surface area contributed by atoms with Crippen molar-refractivity contribution in [1.29, 1.82) is 0 Å². The molecule has 0 aliphatic heterocycles. The number of para-hydroxylation sites is 1. The Morgan fingerprint density at radius 2 is 1.69 bits per heavy atom. The second-order valence-corrected chi connectivity index (χ2v) is 12.4. The minimum Gasteiger partial charge on any atom is -0.395 e. The van der Waals surface area contributed by atoms with Crippen LogP contribution in [0.25, 0.3) is 44.2 Å². The Hall–Kier alpha value is -4.18. The molecule has 0 atom stereocenters. The fraction of sp³-hybridized carbons (Fsp3) is 0.188. The van der Waals surface area contributed by atoms with E-state index in [0.717, 1.165) is 45.0 Å². The number of rotatable bonds is 9. The molecule has 0 aliphatic rings. The number of imidazole rings is 1. The van der Waals surface area contributed by atoms with Gasteiger partial charge in [0.1, 0.15) is 5.82 Å². The highest BCUT2D eigenvalue weighted by Gasteiger charge is 2.20. The zero-order valence-corrected chi connectivity index (χ0v) is 24.5. The van der Waals surface area contributed by atoms with Crippen molar-refractivity contribution in [3.8, 4) is 11.4 Å². The Kier molecular flexibility index (Phi) is 7.49. The third-order valence-corrected chi connectivity index (χ3v) is 8.95. The van der Waals surface area contributed by atoms with Crippen molar-refractivity contribution in [2.75, 3.05) is 12.4 Å². The fourth-order valence-corrected chi connectivity index (χ4v) is 6.77. The molecule has 2 heterocycles. The molecule has 2 N–H and O–H groups in total. The summed E-state index contributed by atoms with van der Waals surface area (Å²) in [5, 5.41) is 12.6. The van der Waals surface area contributed by atoms with E-state index in [2.05, 4.69) is 40.5 Å². The molecule has 0 spiro atoms. The summed E-state index contributed by atoms with van der Waals surface area (Å²) < 4.78 is 31.7. The molecule has 1 amide bonds. The summed E-state index contributed by atoms with van der Waals surface area (Å²) in [6.07, 6.45) is 0.221. The number of halogens is 1. The maximum Gasteiger partial charge on any atom is 0.264 e. The summed E-state index contributed by atoms with van der Waals surface area (Å²) in [6.45, 7) is 3.18. The summed E-state index contributed by atoms with van der Waals surface area (Å²) in [5.41, 5.74) is 5.36. The van der Waals surface area contributed by atoms with Crippen LogP contribution in [0.1, 0.15) is 22.8 Å². The van der Waals surface area contributed by atoms with Crippen LogP contribution in [0.3, 0.4) is 0 Å². The van der Waals surface area contributed by atoms with E-state index in [9.17, 15) is 18.3 Å². The van der Waals surface area contributed by atoms with Crippen molar-refractivity contribution >= 4 is 60.4 Å². The monoisotopic (exact) mass is 600 g/mol. The van der Waals surface area contributed by atoms with Crippen LogP contribution < -0.4 is 4.72 Å². The lowest BCUT2D eigenvalue weighted by Gasteiger charge is -2.09. The van der Waals surface area contributed by atoms with Crippen molar-refractivity contribution in [3.63, 3.8) is 0 Å². The minimum atomic E-state index is -3.89. The molecule has 8 nitrogen and oxygen atoms in total. The lowest BCUT2D eigenvalue weighted by Crippen LogP contribution is -2.33. The van der Waals surface area contributed by atoms with Crippen molar-refractivity contribution in [2.24, 2.45) is 0 Å². The molecule has 0 aliphatic carbocycles. The topological polar surface area (TPSA) is 106 Å². The van der Waals surface area contributed by atoms with Gasteiger partial charge in [0.05, 0.1) is 23.4 Å². The highest BCUT2D eigenvalue weighted by Crippen LogP contribution is 2.33. The van der Waals surface area contributed by atoms with Crippen LogP contribution in [-0.4, -0.2) is 45.9 Å². The third-order valence-electron chi connectivity index (χ3n) is 7.48. The highest BCUT2D eigenvalue weighted by molar-refractivity contribution is 7.90. The van der Waals surface area contributed by atoms with E-state index < -0.39 is 15.9 Å². The van der Waals surface area contributed by atoms with Crippen LogP contribution >= 0.6 is 11.6 Å². The number of aliphatic hydroxyl groups excluding tert-OH is 1. The zero-order chi connectivity index (χ0) is 29.4. The Bertz CT molecular complexity index is 2080. The quantitative estimate of drug-likeness (QED) is 0.219. The van der Waals surface area contributed by atoms with E-state index in [4.69, 9.17) is 16.6 Å². The molecule has 0 saturated carbocycles. The van der Waals surface area contributed by atoms with Gasteiger partial charge in [-0.05, 0) is 73.5 Å². The smallest absolute Gasteiger partial charge is 0.264 e. The first kappa shape index (κ1) is 28.0. The third kappa shape index (κ3) is 5.27. The molecular formula is C32H29ClN4O4S. The summed E-state index contributed by atoms with van der Waals surface area (Å²) in [4.78, 5) is 17.8. The fourth-order valence-electron chi connectivity index (χ4n) is 5.55. The van der Waals surface area contributed by atoms with E-state index in [1.54, 1.807) is 42.5 Å². The predicted octanol–water partition coefficient (Wildman–Crippen LogP) is 5.78. The van der Waals surface area contributed by atoms with E-state index >= 15 is 0 Å². The number of carbonyl (C=O) groups excluding carboxylic acids is 1. The zero-order valence-electron chi connectivity index (χ0n) is 22.9. The van der Waals surface area contributed by atoms with Crippen LogP contribution in [0, 0.1) is 0 Å². The first-order valence-corrected chi connectivity index (χ1v) is 15.7. The van der Waals surface area contributed by atoms with Crippen molar-refractivity contribution in [3.05, 3.63) is 101 Å². The maximum absolute atomic E-state index is 13.0. The maximum atomic E-state index is 13.0. The number of hydrogen-bond acceptors (Lipinski definition) is 5. The second kappa shape index (κ2) is 11.2. The average Bonchev–Trinajstić information content (AvgIpc) is 3.50. The first-order chi connectivity index (χ1) is 20.3. The second-order valence-electron chi connectivity index (χ2n) is 10.1. The standard InChI is InChI=1S/C32H29ClN4O4S/c1-2-36-28-9-4-3-8-25(28)26-19-22(10-12-29(26)36)31-34-27-20-23(11-13-30(27)37(31)15-16-38)32(39)35-42(40,41)17-14-21-6-5-7-24(33)18-21/h3-13,18-20,38H,2,14-17H2,1H3,(H,35,39). The van der Waals surface area contributed by atoms with Gasteiger partial charge < -0.3 is 14.2 Å². The summed E-state index contributed by atoms with van der Waals surface area (Å²) in [6, 6.07) is 26.3. The molecule has 0 radical (unpaired) electrons. The number of benzene rings is 4. The number of nitrogens with zero attached hydrogens (tertiary/aromatic N) is 3. The normalized spacial score (nSPS) is 12.0. The number of fused-ring (bicyclic) bond motifs is 4. The van der Waals surface area contributed by atoms with E-state index in [1.807, 2.05) is 22.8 Å². The summed E-state index contributed by atoms with van der Waals surface area (Å²) in [7, 11) is -3.89. The SMILES string of the molecule is CCn1c2ccccc2c2cc(-c3nc4cc(C(=O)NS(=O)(=O)CCc5cccc(Cl)c5)ccc4n3CCO)ccc21. The van der Waals surface area contributed by atoms with Crippen LogP contribution in [-0.2, 0) is 29.5 Å². The number of aryl methyl sites for hydroxylation is 2. The number of sulfonamides is 1. The van der Waals surface area contributed by atoms with Gasteiger partial charge in [-0.1, -0.05) is 41.9 Å². The number of aromatic nitrogens is 3. The van der Waals surface area contributed by atoms with Crippen LogP contribution in [0.4, 0.5) is 0 Å². The van der Waals surface area contributed by atoms with E-state index in [-0.39, 0.29) is 24.3 Å². The molecule has 0 saturated heterocycles. The minimum absolute atomic E-state index is 0.0943. The molecule has 4 aromatic carbocycles. The van der Waals surface area contributed by atoms with E-state index in [1.165, 1.54) is 0 Å². The molecule has 0 fully saturated rings.